The quantitative estimate of drug-likeness (QED) is 0.0199. The maximum atomic E-state index is 13.5. The molecule has 17 atom stereocenters. The summed E-state index contributed by atoms with van der Waals surface area (Å²) in [7, 11) is 0. The number of carbonyl (C=O) groups excluding carboxylic acids is 1. The highest BCUT2D eigenvalue weighted by atomic mass is 16.8. The van der Waals surface area contributed by atoms with Gasteiger partial charge in [0.1, 0.15) is 73.2 Å². The molecule has 0 bridgehead atoms. The monoisotopic (exact) mass is 1520 g/mol. The molecule has 3 heterocycles. The SMILES string of the molecule is CC/C=C\C/C=C\C/C=C\C/C=C\C/C=C\C/C=C\C/C=C\CCCCCCCCCCCCCCCCCCCCCC(=O)NC(COC1OC(CO)C(OC2OC(CO)C(OC3OC(CO)C(O)C(O)C3O)C(O)C2O)C(O)C1O)C(O)/C=C/CC/C=C/CC/C=C/CCCCCCCCCCCCCC. The molecule has 3 aliphatic heterocycles. The van der Waals surface area contributed by atoms with Crippen molar-refractivity contribution in [3.05, 3.63) is 122 Å². The van der Waals surface area contributed by atoms with Crippen molar-refractivity contribution < 1.29 is 89.4 Å². The number of ether oxygens (including phenoxy) is 6. The summed E-state index contributed by atoms with van der Waals surface area (Å²) in [4.78, 5) is 13.5. The highest BCUT2D eigenvalue weighted by Gasteiger charge is 2.54. The Morgan fingerprint density at radius 3 is 1.04 bits per heavy atom. The van der Waals surface area contributed by atoms with Crippen molar-refractivity contribution >= 4 is 5.91 Å². The number of rotatable bonds is 67. The van der Waals surface area contributed by atoms with Crippen LogP contribution in [-0.2, 0) is 33.2 Å². The van der Waals surface area contributed by atoms with Crippen molar-refractivity contribution in [2.45, 2.75) is 407 Å². The Kier molecular flexibility index (Phi) is 61.6. The van der Waals surface area contributed by atoms with Crippen molar-refractivity contribution in [1.82, 2.24) is 5.32 Å². The van der Waals surface area contributed by atoms with Gasteiger partial charge in [0.15, 0.2) is 18.9 Å². The first-order valence-corrected chi connectivity index (χ1v) is 42.8. The summed E-state index contributed by atoms with van der Waals surface area (Å²) < 4.78 is 34.4. The number of aliphatic hydroxyl groups excluding tert-OH is 11. The van der Waals surface area contributed by atoms with Crippen molar-refractivity contribution in [2.24, 2.45) is 0 Å². The van der Waals surface area contributed by atoms with Crippen LogP contribution >= 0.6 is 0 Å². The minimum atomic E-state index is -1.99. The summed E-state index contributed by atoms with van der Waals surface area (Å²) in [6, 6.07) is -1.00. The van der Waals surface area contributed by atoms with Crippen LogP contribution in [0.25, 0.3) is 0 Å². The molecule has 3 saturated heterocycles. The minimum absolute atomic E-state index is 0.229. The van der Waals surface area contributed by atoms with E-state index in [9.17, 15) is 61.0 Å². The molecule has 0 saturated carbocycles. The number of nitrogens with one attached hydrogen (secondary N) is 1. The summed E-state index contributed by atoms with van der Waals surface area (Å²) >= 11 is 0. The second kappa shape index (κ2) is 67.7. The zero-order chi connectivity index (χ0) is 78.1. The van der Waals surface area contributed by atoms with Crippen molar-refractivity contribution in [3.8, 4) is 0 Å². The Morgan fingerprint density at radius 1 is 0.343 bits per heavy atom. The van der Waals surface area contributed by atoms with Crippen LogP contribution in [0.1, 0.15) is 303 Å². The number of hydrogen-bond donors (Lipinski definition) is 12. The van der Waals surface area contributed by atoms with Gasteiger partial charge in [-0.1, -0.05) is 315 Å². The van der Waals surface area contributed by atoms with E-state index >= 15 is 0 Å². The number of hydrogen-bond acceptors (Lipinski definition) is 18. The van der Waals surface area contributed by atoms with Crippen LogP contribution in [0.5, 0.6) is 0 Å². The third-order valence-corrected chi connectivity index (χ3v) is 20.5. The van der Waals surface area contributed by atoms with E-state index in [2.05, 4.69) is 129 Å². The smallest absolute Gasteiger partial charge is 0.220 e. The van der Waals surface area contributed by atoms with E-state index in [0.717, 1.165) is 89.9 Å². The first kappa shape index (κ1) is 98.4. The molecule has 0 spiro atoms. The lowest BCUT2D eigenvalue weighted by Gasteiger charge is -2.48. The van der Waals surface area contributed by atoms with Gasteiger partial charge in [-0.25, -0.2) is 0 Å². The molecule has 3 fully saturated rings. The summed E-state index contributed by atoms with van der Waals surface area (Å²) in [5.41, 5.74) is 0. The Balaban J connectivity index is 1.32. The third-order valence-electron chi connectivity index (χ3n) is 20.5. The van der Waals surface area contributed by atoms with Gasteiger partial charge in [-0.05, 0) is 103 Å². The lowest BCUT2D eigenvalue weighted by atomic mass is 9.96. The first-order valence-electron chi connectivity index (χ1n) is 42.8. The maximum absolute atomic E-state index is 13.5. The molecule has 1 amide bonds. The molecule has 0 radical (unpaired) electrons. The summed E-state index contributed by atoms with van der Waals surface area (Å²) in [5, 5.41) is 121. The van der Waals surface area contributed by atoms with Gasteiger partial charge in [0.25, 0.3) is 0 Å². The first-order chi connectivity index (χ1) is 52.8. The number of unbranched alkanes of at least 4 members (excludes halogenated alkanes) is 33. The number of aliphatic hydroxyl groups is 11. The lowest BCUT2D eigenvalue weighted by Crippen LogP contribution is -2.66. The van der Waals surface area contributed by atoms with Crippen LogP contribution in [0, 0.1) is 0 Å². The highest BCUT2D eigenvalue weighted by Crippen LogP contribution is 2.33. The van der Waals surface area contributed by atoms with Crippen molar-refractivity contribution in [1.29, 1.82) is 0 Å². The van der Waals surface area contributed by atoms with Gasteiger partial charge in [-0.3, -0.25) is 4.79 Å². The summed E-state index contributed by atoms with van der Waals surface area (Å²) in [5.74, 6) is -0.289. The average Bonchev–Trinajstić information content (AvgIpc) is 0.787. The van der Waals surface area contributed by atoms with Gasteiger partial charge in [0.05, 0.1) is 38.6 Å². The zero-order valence-electron chi connectivity index (χ0n) is 66.8. The molecule has 12 N–H and O–H groups in total. The van der Waals surface area contributed by atoms with Crippen LogP contribution < -0.4 is 5.32 Å². The van der Waals surface area contributed by atoms with Crippen LogP contribution in [0.2, 0.25) is 0 Å². The average molecular weight is 1530 g/mol. The predicted octanol–water partition coefficient (Wildman–Crippen LogP) is 15.5. The fraction of sp³-hybridized carbons (Fsp3) is 0.764. The van der Waals surface area contributed by atoms with Gasteiger partial charge in [0, 0.05) is 6.42 Å². The standard InChI is InChI=1S/C89H153NO18/c1-3-5-7-9-11-13-15-17-19-21-23-25-27-28-29-30-31-32-33-34-35-36-37-38-39-40-41-42-43-44-45-47-49-51-53-55-57-59-61-63-65-67-77(95)90-72(73(94)66-64-62-60-58-56-54-52-50-48-46-26-24-22-20-18-16-14-12-10-8-6-4-2)71-103-87-83(101)80(98)85(75(69-92)105-87)108-89-84(102)81(99)86(76(70-93)106-89)107-88-82(100)79(97)78(96)74(68-91)104-88/h5,7,11,13,17,19,23,25,28-29,31-32,34-35,48,50,56,58,64,66,72-76,78-89,91-94,96-102H,3-4,6,8-10,12,14-16,18,20-22,24,26-27,30,33,36-47,49,51-55,57,59-63,65,67-71H2,1-2H3,(H,90,95)/b7-5-,13-11-,19-17-,25-23-,29-28-,32-31-,35-34-,50-48+,58-56+,66-64+. The Morgan fingerprint density at radius 2 is 0.648 bits per heavy atom. The molecule has 0 aromatic carbocycles. The van der Waals surface area contributed by atoms with Crippen molar-refractivity contribution in [3.63, 3.8) is 0 Å². The van der Waals surface area contributed by atoms with Gasteiger partial charge < -0.3 is 89.9 Å². The highest BCUT2D eigenvalue weighted by molar-refractivity contribution is 5.76. The number of allylic oxidation sites excluding steroid dienone is 19. The van der Waals surface area contributed by atoms with Crippen LogP contribution in [-0.4, -0.2) is 193 Å². The molecule has 17 unspecified atom stereocenters. The molecule has 622 valence electrons. The normalized spacial score (nSPS) is 26.0. The van der Waals surface area contributed by atoms with E-state index in [1.807, 2.05) is 6.08 Å². The summed E-state index contributed by atoms with van der Waals surface area (Å²) in [6.07, 6.45) is 69.1. The third kappa shape index (κ3) is 46.4. The fourth-order valence-corrected chi connectivity index (χ4v) is 13.7. The maximum Gasteiger partial charge on any atom is 0.220 e. The van der Waals surface area contributed by atoms with E-state index in [0.29, 0.717) is 12.8 Å². The summed E-state index contributed by atoms with van der Waals surface area (Å²) in [6.45, 7) is 1.61. The van der Waals surface area contributed by atoms with Crippen LogP contribution in [0.3, 0.4) is 0 Å². The Hall–Kier alpha value is -3.81. The van der Waals surface area contributed by atoms with E-state index in [4.69, 9.17) is 28.4 Å². The molecular weight excluding hydrogens is 1370 g/mol. The van der Waals surface area contributed by atoms with E-state index in [1.54, 1.807) is 6.08 Å². The molecule has 19 heteroatoms. The molecule has 108 heavy (non-hydrogen) atoms. The molecule has 3 aliphatic rings. The molecular formula is C89H153NO18. The lowest BCUT2D eigenvalue weighted by molar-refractivity contribution is -0.379. The van der Waals surface area contributed by atoms with Crippen LogP contribution in [0.15, 0.2) is 122 Å². The number of carbonyl (C=O) groups is 1. The molecule has 0 aromatic heterocycles. The van der Waals surface area contributed by atoms with E-state index < -0.39 is 124 Å². The predicted molar refractivity (Wildman–Crippen MR) is 433 cm³/mol. The van der Waals surface area contributed by atoms with Crippen molar-refractivity contribution in [2.75, 3.05) is 26.4 Å². The number of amides is 1. The molecule has 19 nitrogen and oxygen atoms in total. The fourth-order valence-electron chi connectivity index (χ4n) is 13.7. The van der Waals surface area contributed by atoms with Gasteiger partial charge in [-0.15, -0.1) is 0 Å². The molecule has 0 aromatic rings. The van der Waals surface area contributed by atoms with Crippen LogP contribution in [0.4, 0.5) is 0 Å². The second-order valence-corrected chi connectivity index (χ2v) is 29.9. The largest absolute Gasteiger partial charge is 0.394 e. The second-order valence-electron chi connectivity index (χ2n) is 29.9. The Bertz CT molecular complexity index is 2420. The van der Waals surface area contributed by atoms with Gasteiger partial charge in [-0.2, -0.15) is 0 Å². The zero-order valence-corrected chi connectivity index (χ0v) is 66.8. The van der Waals surface area contributed by atoms with Gasteiger partial charge in [0.2, 0.25) is 5.91 Å². The topological polar surface area (TPSA) is 307 Å². The van der Waals surface area contributed by atoms with E-state index in [1.165, 1.54) is 180 Å². The molecule has 0 aliphatic carbocycles. The van der Waals surface area contributed by atoms with E-state index in [-0.39, 0.29) is 18.9 Å². The minimum Gasteiger partial charge on any atom is -0.394 e. The Labute approximate surface area is 652 Å². The molecule has 3 rings (SSSR count). The van der Waals surface area contributed by atoms with Gasteiger partial charge >= 0.3 is 0 Å².